The molecule has 0 amide bonds. The van der Waals surface area contributed by atoms with Crippen LogP contribution >= 0.6 is 15.9 Å². The lowest BCUT2D eigenvalue weighted by molar-refractivity contribution is 0.0473. The molecule has 102 valence electrons. The molecule has 0 fully saturated rings. The van der Waals surface area contributed by atoms with E-state index in [2.05, 4.69) is 15.9 Å². The molecule has 1 rings (SSSR count). The molecule has 0 aliphatic heterocycles. The van der Waals surface area contributed by atoms with Gasteiger partial charge in [0.2, 0.25) is 0 Å². The van der Waals surface area contributed by atoms with Gasteiger partial charge in [0.05, 0.1) is 6.54 Å². The number of likely N-dealkylation sites (N-methyl/N-ethyl adjacent to an activating group) is 1. The molecule has 6 heteroatoms. The summed E-state index contributed by atoms with van der Waals surface area (Å²) in [4.78, 5) is 1.38. The average molecular weight is 324 g/mol. The second-order valence-electron chi connectivity index (χ2n) is 4.03. The Morgan fingerprint density at radius 3 is 2.44 bits per heavy atom. The van der Waals surface area contributed by atoms with E-state index in [9.17, 15) is 13.9 Å². The van der Waals surface area contributed by atoms with Crippen molar-refractivity contribution in [2.75, 3.05) is 26.7 Å². The molecule has 0 aliphatic rings. The van der Waals surface area contributed by atoms with E-state index in [1.54, 1.807) is 12.1 Å². The largest absolute Gasteiger partial charge is 0.491 e. The number of aliphatic hydroxyl groups is 1. The van der Waals surface area contributed by atoms with E-state index < -0.39 is 12.5 Å². The highest BCUT2D eigenvalue weighted by Crippen LogP contribution is 2.16. The molecule has 0 saturated heterocycles. The van der Waals surface area contributed by atoms with Crippen LogP contribution in [0.25, 0.3) is 0 Å². The summed E-state index contributed by atoms with van der Waals surface area (Å²) in [6.45, 7) is -0.120. The smallest absolute Gasteiger partial charge is 0.251 e. The van der Waals surface area contributed by atoms with Gasteiger partial charge in [-0.15, -0.1) is 0 Å². The molecule has 0 saturated carbocycles. The summed E-state index contributed by atoms with van der Waals surface area (Å²) in [5.74, 6) is 0.633. The van der Waals surface area contributed by atoms with Gasteiger partial charge in [0.15, 0.2) is 0 Å². The molecular formula is C12H16BrF2NO2. The van der Waals surface area contributed by atoms with E-state index in [0.717, 1.165) is 4.47 Å². The second-order valence-corrected chi connectivity index (χ2v) is 4.95. The Morgan fingerprint density at radius 1 is 1.28 bits per heavy atom. The molecule has 1 unspecified atom stereocenters. The molecule has 0 heterocycles. The minimum absolute atomic E-state index is 0.0786. The van der Waals surface area contributed by atoms with Crippen molar-refractivity contribution < 1.29 is 18.6 Å². The molecular weight excluding hydrogens is 308 g/mol. The Morgan fingerprint density at radius 2 is 1.89 bits per heavy atom. The maximum atomic E-state index is 12.1. The van der Waals surface area contributed by atoms with Gasteiger partial charge < -0.3 is 9.84 Å². The highest BCUT2D eigenvalue weighted by Gasteiger charge is 2.12. The molecule has 1 N–H and O–H groups in total. The first kappa shape index (κ1) is 15.3. The van der Waals surface area contributed by atoms with Crippen LogP contribution in [0.3, 0.4) is 0 Å². The number of hydrogen-bond acceptors (Lipinski definition) is 3. The van der Waals surface area contributed by atoms with Crippen LogP contribution in [-0.2, 0) is 0 Å². The van der Waals surface area contributed by atoms with Crippen LogP contribution in [0.15, 0.2) is 28.7 Å². The predicted octanol–water partition coefficient (Wildman–Crippen LogP) is 2.39. The molecule has 1 aromatic rings. The van der Waals surface area contributed by atoms with E-state index in [1.165, 1.54) is 11.9 Å². The van der Waals surface area contributed by atoms with Crippen LogP contribution in [-0.4, -0.2) is 49.3 Å². The molecule has 0 aliphatic carbocycles. The van der Waals surface area contributed by atoms with Gasteiger partial charge >= 0.3 is 0 Å². The lowest BCUT2D eigenvalue weighted by Gasteiger charge is -2.20. The SMILES string of the molecule is CN(CC(F)F)CC(O)COc1ccc(Br)cc1. The van der Waals surface area contributed by atoms with Crippen molar-refractivity contribution in [3.8, 4) is 5.75 Å². The number of rotatable bonds is 7. The maximum Gasteiger partial charge on any atom is 0.251 e. The number of ether oxygens (including phenoxy) is 1. The maximum absolute atomic E-state index is 12.1. The lowest BCUT2D eigenvalue weighted by Crippen LogP contribution is -2.35. The van der Waals surface area contributed by atoms with Crippen LogP contribution in [0.4, 0.5) is 8.78 Å². The molecule has 0 spiro atoms. The van der Waals surface area contributed by atoms with Gasteiger partial charge in [-0.3, -0.25) is 4.90 Å². The molecule has 1 atom stereocenters. The van der Waals surface area contributed by atoms with Crippen molar-refractivity contribution in [3.63, 3.8) is 0 Å². The van der Waals surface area contributed by atoms with E-state index in [4.69, 9.17) is 4.74 Å². The first-order valence-electron chi connectivity index (χ1n) is 5.50. The van der Waals surface area contributed by atoms with E-state index in [1.807, 2.05) is 12.1 Å². The van der Waals surface area contributed by atoms with Gasteiger partial charge in [0, 0.05) is 11.0 Å². The highest BCUT2D eigenvalue weighted by atomic mass is 79.9. The molecule has 0 aromatic heterocycles. The van der Waals surface area contributed by atoms with Crippen molar-refractivity contribution in [2.45, 2.75) is 12.5 Å². The Labute approximate surface area is 113 Å². The van der Waals surface area contributed by atoms with E-state index >= 15 is 0 Å². The van der Waals surface area contributed by atoms with Crippen molar-refractivity contribution in [1.82, 2.24) is 4.90 Å². The molecule has 1 aromatic carbocycles. The van der Waals surface area contributed by atoms with Crippen molar-refractivity contribution in [2.24, 2.45) is 0 Å². The number of aliphatic hydroxyl groups excluding tert-OH is 1. The number of alkyl halides is 2. The summed E-state index contributed by atoms with van der Waals surface area (Å²) in [6.07, 6.45) is -3.19. The number of halogens is 3. The Bertz CT molecular complexity index is 348. The highest BCUT2D eigenvalue weighted by molar-refractivity contribution is 9.10. The van der Waals surface area contributed by atoms with E-state index in [-0.39, 0.29) is 19.7 Å². The Hall–Kier alpha value is -0.720. The van der Waals surface area contributed by atoms with Crippen molar-refractivity contribution >= 4 is 15.9 Å². The van der Waals surface area contributed by atoms with Crippen LogP contribution in [0.2, 0.25) is 0 Å². The minimum atomic E-state index is -2.39. The third kappa shape index (κ3) is 6.28. The van der Waals surface area contributed by atoms with Gasteiger partial charge in [0.25, 0.3) is 6.43 Å². The van der Waals surface area contributed by atoms with Gasteiger partial charge in [-0.25, -0.2) is 8.78 Å². The zero-order chi connectivity index (χ0) is 13.5. The predicted molar refractivity (Wildman–Crippen MR) is 69.1 cm³/mol. The number of hydrogen-bond donors (Lipinski definition) is 1. The summed E-state index contributed by atoms with van der Waals surface area (Å²) < 4.78 is 30.4. The fourth-order valence-electron chi connectivity index (χ4n) is 1.45. The number of nitrogens with zero attached hydrogens (tertiary/aromatic N) is 1. The minimum Gasteiger partial charge on any atom is -0.491 e. The number of benzene rings is 1. The molecule has 0 radical (unpaired) electrons. The Balaban J connectivity index is 2.28. The summed E-state index contributed by atoms with van der Waals surface area (Å²) in [6, 6.07) is 7.18. The van der Waals surface area contributed by atoms with Crippen LogP contribution in [0.5, 0.6) is 5.75 Å². The van der Waals surface area contributed by atoms with Crippen LogP contribution in [0, 0.1) is 0 Å². The van der Waals surface area contributed by atoms with Gasteiger partial charge in [0.1, 0.15) is 18.5 Å². The van der Waals surface area contributed by atoms with Gasteiger partial charge in [-0.1, -0.05) is 15.9 Å². The van der Waals surface area contributed by atoms with E-state index in [0.29, 0.717) is 5.75 Å². The Kier molecular flexibility index (Phi) is 6.52. The quantitative estimate of drug-likeness (QED) is 0.836. The topological polar surface area (TPSA) is 32.7 Å². The third-order valence-corrected chi connectivity index (χ3v) is 2.76. The second kappa shape index (κ2) is 7.66. The average Bonchev–Trinajstić information content (AvgIpc) is 2.27. The standard InChI is InChI=1S/C12H16BrF2NO2/c1-16(7-12(14)15)6-10(17)8-18-11-4-2-9(13)3-5-11/h2-5,10,12,17H,6-8H2,1H3. The summed E-state index contributed by atoms with van der Waals surface area (Å²) in [5.41, 5.74) is 0. The molecule has 0 bridgehead atoms. The summed E-state index contributed by atoms with van der Waals surface area (Å²) in [7, 11) is 1.54. The van der Waals surface area contributed by atoms with Crippen LogP contribution < -0.4 is 4.74 Å². The molecule has 3 nitrogen and oxygen atoms in total. The third-order valence-electron chi connectivity index (χ3n) is 2.23. The monoisotopic (exact) mass is 323 g/mol. The fourth-order valence-corrected chi connectivity index (χ4v) is 1.71. The first-order valence-corrected chi connectivity index (χ1v) is 6.30. The van der Waals surface area contributed by atoms with Crippen molar-refractivity contribution in [1.29, 1.82) is 0 Å². The summed E-state index contributed by atoms with van der Waals surface area (Å²) >= 11 is 3.30. The van der Waals surface area contributed by atoms with Gasteiger partial charge in [-0.2, -0.15) is 0 Å². The van der Waals surface area contributed by atoms with Crippen molar-refractivity contribution in [3.05, 3.63) is 28.7 Å². The zero-order valence-electron chi connectivity index (χ0n) is 10.0. The lowest BCUT2D eigenvalue weighted by atomic mass is 10.3. The first-order chi connectivity index (χ1) is 8.47. The zero-order valence-corrected chi connectivity index (χ0v) is 11.6. The molecule has 18 heavy (non-hydrogen) atoms. The summed E-state index contributed by atoms with van der Waals surface area (Å²) in [5, 5.41) is 9.63. The normalized spacial score (nSPS) is 13.1. The van der Waals surface area contributed by atoms with Gasteiger partial charge in [-0.05, 0) is 31.3 Å². The van der Waals surface area contributed by atoms with Crippen LogP contribution in [0.1, 0.15) is 0 Å². The fraction of sp³-hybridized carbons (Fsp3) is 0.500.